The van der Waals surface area contributed by atoms with Gasteiger partial charge in [0.2, 0.25) is 0 Å². The third kappa shape index (κ3) is 6.82. The van der Waals surface area contributed by atoms with Crippen molar-refractivity contribution >= 4 is 21.3 Å². The maximum atomic E-state index is 13.8. The molecule has 0 radical (unpaired) electrons. The van der Waals surface area contributed by atoms with Gasteiger partial charge in [0.1, 0.15) is 11.6 Å². The van der Waals surface area contributed by atoms with E-state index in [4.69, 9.17) is 0 Å². The number of anilines is 2. The van der Waals surface area contributed by atoms with Gasteiger partial charge in [0.25, 0.3) is 0 Å². The molecular formula is C20H31FN4O2S. The summed E-state index contributed by atoms with van der Waals surface area (Å²) in [5, 5.41) is 7.56. The fraction of sp³-hybridized carbons (Fsp3) is 0.550. The number of benzene rings is 1. The maximum absolute atomic E-state index is 13.8. The van der Waals surface area contributed by atoms with Crippen LogP contribution in [0, 0.1) is 5.82 Å². The van der Waals surface area contributed by atoms with Crippen molar-refractivity contribution < 1.29 is 12.8 Å². The minimum Gasteiger partial charge on any atom is -0.374 e. The molecule has 1 N–H and O–H groups in total. The Kier molecular flexibility index (Phi) is 8.29. The summed E-state index contributed by atoms with van der Waals surface area (Å²) in [4.78, 5) is 2.15. The minimum atomic E-state index is -3.02. The highest BCUT2D eigenvalue weighted by Crippen LogP contribution is 2.22. The SMILES string of the molecule is CCCCCN(C)c1ccc(F)cc1CNc1ccn(CCS(=O)(=O)CC)n1. The summed E-state index contributed by atoms with van der Waals surface area (Å²) in [6.07, 6.45) is 5.18. The molecule has 2 aromatic rings. The van der Waals surface area contributed by atoms with E-state index < -0.39 is 9.84 Å². The van der Waals surface area contributed by atoms with Gasteiger partial charge in [-0.15, -0.1) is 0 Å². The third-order valence-corrected chi connectivity index (χ3v) is 6.41. The van der Waals surface area contributed by atoms with Gasteiger partial charge in [0.05, 0.1) is 12.3 Å². The lowest BCUT2D eigenvalue weighted by Gasteiger charge is -2.22. The maximum Gasteiger partial charge on any atom is 0.151 e. The lowest BCUT2D eigenvalue weighted by atomic mass is 10.1. The van der Waals surface area contributed by atoms with E-state index in [9.17, 15) is 12.8 Å². The normalized spacial score (nSPS) is 11.6. The molecule has 0 bridgehead atoms. The molecule has 0 aliphatic carbocycles. The lowest BCUT2D eigenvalue weighted by molar-refractivity contribution is 0.582. The first-order valence-electron chi connectivity index (χ1n) is 9.82. The van der Waals surface area contributed by atoms with Gasteiger partial charge in [-0.1, -0.05) is 26.7 Å². The van der Waals surface area contributed by atoms with Crippen LogP contribution in [0.5, 0.6) is 0 Å². The van der Waals surface area contributed by atoms with Crippen molar-refractivity contribution in [1.29, 1.82) is 0 Å². The quantitative estimate of drug-likeness (QED) is 0.541. The number of hydrogen-bond acceptors (Lipinski definition) is 5. The lowest BCUT2D eigenvalue weighted by Crippen LogP contribution is -2.20. The number of nitrogens with one attached hydrogen (secondary N) is 1. The van der Waals surface area contributed by atoms with Gasteiger partial charge in [0, 0.05) is 43.8 Å². The summed E-state index contributed by atoms with van der Waals surface area (Å²) in [6.45, 7) is 5.50. The molecule has 0 unspecified atom stereocenters. The highest BCUT2D eigenvalue weighted by atomic mass is 32.2. The van der Waals surface area contributed by atoms with Crippen LogP contribution in [0.15, 0.2) is 30.5 Å². The molecule has 156 valence electrons. The number of sulfone groups is 1. The number of aryl methyl sites for hydroxylation is 1. The van der Waals surface area contributed by atoms with E-state index in [0.717, 1.165) is 30.6 Å². The summed E-state index contributed by atoms with van der Waals surface area (Å²) < 4.78 is 38.6. The van der Waals surface area contributed by atoms with E-state index in [2.05, 4.69) is 22.2 Å². The van der Waals surface area contributed by atoms with Crippen LogP contribution in [0.4, 0.5) is 15.9 Å². The molecule has 6 nitrogen and oxygen atoms in total. The Bertz CT molecular complexity index is 852. The average molecular weight is 411 g/mol. The zero-order valence-corrected chi connectivity index (χ0v) is 17.8. The molecule has 1 aromatic heterocycles. The molecule has 0 atom stereocenters. The first-order valence-corrected chi connectivity index (χ1v) is 11.6. The molecule has 28 heavy (non-hydrogen) atoms. The van der Waals surface area contributed by atoms with Gasteiger partial charge < -0.3 is 10.2 Å². The highest BCUT2D eigenvalue weighted by molar-refractivity contribution is 7.91. The Labute approximate surface area is 167 Å². The Morgan fingerprint density at radius 2 is 2.00 bits per heavy atom. The molecule has 0 aliphatic rings. The van der Waals surface area contributed by atoms with Crippen molar-refractivity contribution in [3.63, 3.8) is 0 Å². The highest BCUT2D eigenvalue weighted by Gasteiger charge is 2.11. The molecule has 0 aliphatic heterocycles. The van der Waals surface area contributed by atoms with Gasteiger partial charge >= 0.3 is 0 Å². The predicted molar refractivity (Wildman–Crippen MR) is 113 cm³/mol. The van der Waals surface area contributed by atoms with Crippen LogP contribution in [0.2, 0.25) is 0 Å². The molecule has 0 spiro atoms. The first-order chi connectivity index (χ1) is 13.3. The smallest absolute Gasteiger partial charge is 0.151 e. The average Bonchev–Trinajstić information content (AvgIpc) is 3.13. The van der Waals surface area contributed by atoms with Gasteiger partial charge in [-0.25, -0.2) is 12.8 Å². The number of unbranched alkanes of at least 4 members (excludes halogenated alkanes) is 2. The summed E-state index contributed by atoms with van der Waals surface area (Å²) in [6, 6.07) is 6.64. The second-order valence-corrected chi connectivity index (χ2v) is 9.43. The standard InChI is InChI=1S/C20H31FN4O2S/c1-4-6-7-11-24(3)19-9-8-18(21)15-17(19)16-22-20-10-12-25(23-20)13-14-28(26,27)5-2/h8-10,12,15H,4-7,11,13-14,16H2,1-3H3,(H,22,23). The van der Waals surface area contributed by atoms with Crippen LogP contribution >= 0.6 is 0 Å². The predicted octanol–water partition coefficient (Wildman–Crippen LogP) is 3.70. The molecule has 1 heterocycles. The minimum absolute atomic E-state index is 0.0707. The van der Waals surface area contributed by atoms with Gasteiger partial charge in [0.15, 0.2) is 9.84 Å². The fourth-order valence-electron chi connectivity index (χ4n) is 2.93. The van der Waals surface area contributed by atoms with Crippen LogP contribution < -0.4 is 10.2 Å². The van der Waals surface area contributed by atoms with Crippen LogP contribution in [0.1, 0.15) is 38.7 Å². The molecular weight excluding hydrogens is 379 g/mol. The van der Waals surface area contributed by atoms with E-state index in [1.165, 1.54) is 12.5 Å². The van der Waals surface area contributed by atoms with Crippen molar-refractivity contribution in [3.05, 3.63) is 41.8 Å². The zero-order chi connectivity index (χ0) is 20.6. The number of hydrogen-bond donors (Lipinski definition) is 1. The molecule has 1 aromatic carbocycles. The Morgan fingerprint density at radius 3 is 2.71 bits per heavy atom. The van der Waals surface area contributed by atoms with Crippen LogP contribution in [0.3, 0.4) is 0 Å². The van der Waals surface area contributed by atoms with Crippen molar-refractivity contribution in [2.45, 2.75) is 46.2 Å². The molecule has 2 rings (SSSR count). The van der Waals surface area contributed by atoms with Gasteiger partial charge in [-0.2, -0.15) is 5.10 Å². The number of aromatic nitrogens is 2. The van der Waals surface area contributed by atoms with Crippen molar-refractivity contribution in [2.24, 2.45) is 0 Å². The third-order valence-electron chi connectivity index (χ3n) is 4.72. The van der Waals surface area contributed by atoms with Gasteiger partial charge in [-0.05, 0) is 30.2 Å². The molecule has 0 fully saturated rings. The van der Waals surface area contributed by atoms with E-state index in [1.807, 2.05) is 13.1 Å². The fourth-order valence-corrected chi connectivity index (χ4v) is 3.68. The first kappa shape index (κ1) is 22.2. The van der Waals surface area contributed by atoms with Crippen LogP contribution in [0.25, 0.3) is 0 Å². The Morgan fingerprint density at radius 1 is 1.21 bits per heavy atom. The second kappa shape index (κ2) is 10.5. The van der Waals surface area contributed by atoms with Crippen molar-refractivity contribution in [2.75, 3.05) is 35.3 Å². The summed E-state index contributed by atoms with van der Waals surface area (Å²) >= 11 is 0. The summed E-state index contributed by atoms with van der Waals surface area (Å²) in [7, 11) is -0.999. The topological polar surface area (TPSA) is 67.2 Å². The molecule has 8 heteroatoms. The van der Waals surface area contributed by atoms with E-state index in [1.54, 1.807) is 29.9 Å². The van der Waals surface area contributed by atoms with E-state index in [-0.39, 0.29) is 17.3 Å². The zero-order valence-electron chi connectivity index (χ0n) is 17.0. The largest absolute Gasteiger partial charge is 0.374 e. The monoisotopic (exact) mass is 410 g/mol. The van der Waals surface area contributed by atoms with Gasteiger partial charge in [-0.3, -0.25) is 4.68 Å². The molecule has 0 saturated carbocycles. The van der Waals surface area contributed by atoms with Crippen LogP contribution in [-0.2, 0) is 22.9 Å². The Hall–Kier alpha value is -2.09. The van der Waals surface area contributed by atoms with E-state index >= 15 is 0 Å². The van der Waals surface area contributed by atoms with E-state index in [0.29, 0.717) is 18.9 Å². The summed E-state index contributed by atoms with van der Waals surface area (Å²) in [5.74, 6) is 0.574. The Balaban J connectivity index is 1.99. The second-order valence-electron chi connectivity index (χ2n) is 6.96. The number of halogens is 1. The van der Waals surface area contributed by atoms with Crippen LogP contribution in [-0.4, -0.2) is 43.3 Å². The number of nitrogens with zero attached hydrogens (tertiary/aromatic N) is 3. The van der Waals surface area contributed by atoms with Crippen molar-refractivity contribution in [3.8, 4) is 0 Å². The molecule has 0 amide bonds. The van der Waals surface area contributed by atoms with Crippen molar-refractivity contribution in [1.82, 2.24) is 9.78 Å². The molecule has 0 saturated heterocycles. The number of rotatable bonds is 12. The summed E-state index contributed by atoms with van der Waals surface area (Å²) in [5.41, 5.74) is 1.86.